The molecule has 0 aliphatic heterocycles. The summed E-state index contributed by atoms with van der Waals surface area (Å²) in [5.74, 6) is -0.417. The molecule has 1 amide bonds. The maximum atomic E-state index is 11.8. The first-order chi connectivity index (χ1) is 10.2. The Hall–Kier alpha value is -2.62. The topological polar surface area (TPSA) is 71.8 Å². The minimum absolute atomic E-state index is 0.417. The number of H-pyrrole nitrogens is 1. The highest BCUT2D eigenvalue weighted by Gasteiger charge is 2.20. The van der Waals surface area contributed by atoms with E-state index in [1.165, 1.54) is 0 Å². The lowest BCUT2D eigenvalue weighted by Crippen LogP contribution is -2.14. The average molecular weight is 277 g/mol. The predicted molar refractivity (Wildman–Crippen MR) is 82.1 cm³/mol. The maximum absolute atomic E-state index is 11.8. The first kappa shape index (κ1) is 12.1. The van der Waals surface area contributed by atoms with E-state index in [1.54, 1.807) is 0 Å². The Balaban J connectivity index is 2.03. The van der Waals surface area contributed by atoms with Crippen molar-refractivity contribution in [3.63, 3.8) is 0 Å². The summed E-state index contributed by atoms with van der Waals surface area (Å²) in [4.78, 5) is 19.8. The van der Waals surface area contributed by atoms with Crippen LogP contribution in [0.15, 0.2) is 36.5 Å². The molecule has 1 aliphatic carbocycles. The summed E-state index contributed by atoms with van der Waals surface area (Å²) < 4.78 is 0. The summed E-state index contributed by atoms with van der Waals surface area (Å²) in [6, 6.07) is 9.90. The van der Waals surface area contributed by atoms with Gasteiger partial charge in [-0.15, -0.1) is 0 Å². The number of carbonyl (C=O) groups excluding carboxylic acids is 1. The molecule has 0 unspecified atom stereocenters. The van der Waals surface area contributed by atoms with E-state index in [-0.39, 0.29) is 0 Å². The second kappa shape index (κ2) is 4.45. The van der Waals surface area contributed by atoms with Crippen LogP contribution in [0.2, 0.25) is 0 Å². The molecule has 3 N–H and O–H groups in total. The van der Waals surface area contributed by atoms with Crippen LogP contribution in [-0.2, 0) is 12.8 Å². The van der Waals surface area contributed by atoms with E-state index in [0.717, 1.165) is 47.0 Å². The zero-order valence-electron chi connectivity index (χ0n) is 11.5. The molecular weight excluding hydrogens is 262 g/mol. The number of aromatic nitrogens is 2. The number of amides is 1. The molecule has 4 rings (SSSR count). The molecule has 0 atom stereocenters. The van der Waals surface area contributed by atoms with Crippen molar-refractivity contribution in [2.75, 3.05) is 0 Å². The highest BCUT2D eigenvalue weighted by molar-refractivity contribution is 6.04. The third-order valence-corrected chi connectivity index (χ3v) is 4.17. The number of aryl methyl sites for hydroxylation is 2. The minimum atomic E-state index is -0.417. The van der Waals surface area contributed by atoms with Gasteiger partial charge >= 0.3 is 0 Å². The minimum Gasteiger partial charge on any atom is -0.366 e. The summed E-state index contributed by atoms with van der Waals surface area (Å²) in [6.07, 6.45) is 4.95. The fourth-order valence-corrected chi connectivity index (χ4v) is 3.16. The number of nitrogens with one attached hydrogen (secondary N) is 1. The van der Waals surface area contributed by atoms with Crippen LogP contribution in [0.4, 0.5) is 0 Å². The SMILES string of the molecule is NC(=O)c1cc2c(nc1-c1cccc3[nH]ccc13)CCC2. The zero-order valence-corrected chi connectivity index (χ0v) is 11.5. The van der Waals surface area contributed by atoms with E-state index in [0.29, 0.717) is 11.3 Å². The quantitative estimate of drug-likeness (QED) is 0.756. The van der Waals surface area contributed by atoms with Crippen molar-refractivity contribution in [1.82, 2.24) is 9.97 Å². The van der Waals surface area contributed by atoms with E-state index in [4.69, 9.17) is 10.7 Å². The molecular formula is C17H15N3O. The lowest BCUT2D eigenvalue weighted by Gasteiger charge is -2.10. The standard InChI is InChI=1S/C17H15N3O/c18-17(21)13-9-10-3-1-5-14(10)20-16(13)12-4-2-6-15-11(12)7-8-19-15/h2,4,6-9,19H,1,3,5H2,(H2,18,21). The fourth-order valence-electron chi connectivity index (χ4n) is 3.16. The first-order valence-corrected chi connectivity index (χ1v) is 7.13. The van der Waals surface area contributed by atoms with Crippen LogP contribution in [0.1, 0.15) is 28.0 Å². The molecule has 0 saturated carbocycles. The lowest BCUT2D eigenvalue weighted by atomic mass is 9.99. The largest absolute Gasteiger partial charge is 0.366 e. The van der Waals surface area contributed by atoms with Crippen molar-refractivity contribution in [3.05, 3.63) is 53.3 Å². The molecule has 104 valence electrons. The Bertz CT molecular complexity index is 864. The lowest BCUT2D eigenvalue weighted by molar-refractivity contribution is 0.100. The number of nitrogens with zero attached hydrogens (tertiary/aromatic N) is 1. The number of hydrogen-bond acceptors (Lipinski definition) is 2. The number of nitrogens with two attached hydrogens (primary N) is 1. The molecule has 0 radical (unpaired) electrons. The number of carbonyl (C=O) groups is 1. The van der Waals surface area contributed by atoms with Crippen LogP contribution >= 0.6 is 0 Å². The third kappa shape index (κ3) is 1.83. The molecule has 4 nitrogen and oxygen atoms in total. The summed E-state index contributed by atoms with van der Waals surface area (Å²) in [5, 5.41) is 1.06. The van der Waals surface area contributed by atoms with Crippen molar-refractivity contribution >= 4 is 16.8 Å². The number of pyridine rings is 1. The second-order valence-corrected chi connectivity index (χ2v) is 5.45. The van der Waals surface area contributed by atoms with Crippen LogP contribution in [0.3, 0.4) is 0 Å². The molecule has 0 saturated heterocycles. The van der Waals surface area contributed by atoms with Gasteiger partial charge in [0.25, 0.3) is 5.91 Å². The molecule has 21 heavy (non-hydrogen) atoms. The van der Waals surface area contributed by atoms with Crippen LogP contribution in [0, 0.1) is 0 Å². The van der Waals surface area contributed by atoms with Crippen molar-refractivity contribution in [1.29, 1.82) is 0 Å². The van der Waals surface area contributed by atoms with E-state index in [1.807, 2.05) is 36.5 Å². The van der Waals surface area contributed by atoms with Crippen LogP contribution in [-0.4, -0.2) is 15.9 Å². The molecule has 4 heteroatoms. The van der Waals surface area contributed by atoms with Crippen LogP contribution in [0.25, 0.3) is 22.2 Å². The Kier molecular flexibility index (Phi) is 2.57. The van der Waals surface area contributed by atoms with Gasteiger partial charge in [-0.1, -0.05) is 12.1 Å². The molecule has 1 aromatic carbocycles. The smallest absolute Gasteiger partial charge is 0.250 e. The van der Waals surface area contributed by atoms with E-state index in [9.17, 15) is 4.79 Å². The summed E-state index contributed by atoms with van der Waals surface area (Å²) in [7, 11) is 0. The van der Waals surface area contributed by atoms with Gasteiger partial charge in [-0.3, -0.25) is 9.78 Å². The Morgan fingerprint density at radius 2 is 2.14 bits per heavy atom. The third-order valence-electron chi connectivity index (χ3n) is 4.17. The van der Waals surface area contributed by atoms with E-state index >= 15 is 0 Å². The monoisotopic (exact) mass is 277 g/mol. The highest BCUT2D eigenvalue weighted by atomic mass is 16.1. The van der Waals surface area contributed by atoms with Gasteiger partial charge in [0.15, 0.2) is 0 Å². The number of hydrogen-bond donors (Lipinski definition) is 2. The number of primary amides is 1. The maximum Gasteiger partial charge on any atom is 0.250 e. The molecule has 1 aliphatic rings. The van der Waals surface area contributed by atoms with Gasteiger partial charge in [0.2, 0.25) is 0 Å². The molecule has 0 spiro atoms. The average Bonchev–Trinajstić information content (AvgIpc) is 3.13. The second-order valence-electron chi connectivity index (χ2n) is 5.45. The zero-order chi connectivity index (χ0) is 14.4. The van der Waals surface area contributed by atoms with E-state index < -0.39 is 5.91 Å². The van der Waals surface area contributed by atoms with Crippen LogP contribution in [0.5, 0.6) is 0 Å². The number of benzene rings is 1. The number of rotatable bonds is 2. The highest BCUT2D eigenvalue weighted by Crippen LogP contribution is 2.32. The number of fused-ring (bicyclic) bond motifs is 2. The van der Waals surface area contributed by atoms with Crippen molar-refractivity contribution in [2.24, 2.45) is 5.73 Å². The summed E-state index contributed by atoms with van der Waals surface area (Å²) in [5.41, 5.74) is 11.0. The van der Waals surface area contributed by atoms with Gasteiger partial charge in [0.1, 0.15) is 0 Å². The molecule has 3 aromatic rings. The van der Waals surface area contributed by atoms with Gasteiger partial charge in [0, 0.05) is 28.4 Å². The Morgan fingerprint density at radius 3 is 3.00 bits per heavy atom. The Morgan fingerprint density at radius 1 is 1.24 bits per heavy atom. The van der Waals surface area contributed by atoms with Crippen molar-refractivity contribution < 1.29 is 4.79 Å². The normalized spacial score (nSPS) is 13.5. The summed E-state index contributed by atoms with van der Waals surface area (Å²) in [6.45, 7) is 0. The van der Waals surface area contributed by atoms with Gasteiger partial charge in [-0.2, -0.15) is 0 Å². The summed E-state index contributed by atoms with van der Waals surface area (Å²) >= 11 is 0. The van der Waals surface area contributed by atoms with Gasteiger partial charge < -0.3 is 10.7 Å². The molecule has 0 bridgehead atoms. The van der Waals surface area contributed by atoms with Crippen molar-refractivity contribution in [3.8, 4) is 11.3 Å². The predicted octanol–water partition coefficient (Wildman–Crippen LogP) is 2.82. The first-order valence-electron chi connectivity index (χ1n) is 7.13. The van der Waals surface area contributed by atoms with Gasteiger partial charge in [-0.05, 0) is 43.0 Å². The number of aromatic amines is 1. The van der Waals surface area contributed by atoms with Crippen LogP contribution < -0.4 is 5.73 Å². The molecule has 2 aromatic heterocycles. The fraction of sp³-hybridized carbons (Fsp3) is 0.176. The van der Waals surface area contributed by atoms with Gasteiger partial charge in [-0.25, -0.2) is 0 Å². The van der Waals surface area contributed by atoms with E-state index in [2.05, 4.69) is 4.98 Å². The molecule has 0 fully saturated rings. The van der Waals surface area contributed by atoms with Crippen molar-refractivity contribution in [2.45, 2.75) is 19.3 Å². The van der Waals surface area contributed by atoms with Gasteiger partial charge in [0.05, 0.1) is 11.3 Å². The molecule has 2 heterocycles. The Labute approximate surface area is 122 Å².